The summed E-state index contributed by atoms with van der Waals surface area (Å²) in [4.78, 5) is 13.4. The molecule has 1 atom stereocenters. The molecule has 16 heavy (non-hydrogen) atoms. The zero-order valence-electron chi connectivity index (χ0n) is 10.3. The van der Waals surface area contributed by atoms with Crippen molar-refractivity contribution in [2.45, 2.75) is 25.8 Å². The van der Waals surface area contributed by atoms with Gasteiger partial charge in [0.15, 0.2) is 0 Å². The van der Waals surface area contributed by atoms with Gasteiger partial charge in [-0.2, -0.15) is 0 Å². The average Bonchev–Trinajstić information content (AvgIpc) is 2.72. The Morgan fingerprint density at radius 3 is 3.00 bits per heavy atom. The molecule has 0 aromatic rings. The summed E-state index contributed by atoms with van der Waals surface area (Å²) < 4.78 is 4.58. The third-order valence-corrected chi connectivity index (χ3v) is 2.81. The first-order valence-electron chi connectivity index (χ1n) is 6.03. The van der Waals surface area contributed by atoms with Crippen LogP contribution in [-0.2, 0) is 4.74 Å². The van der Waals surface area contributed by atoms with Crippen LogP contribution in [0.4, 0.5) is 4.79 Å². The van der Waals surface area contributed by atoms with Gasteiger partial charge < -0.3 is 15.4 Å². The second-order valence-corrected chi connectivity index (χ2v) is 4.17. The molecule has 5 heteroatoms. The molecule has 1 heterocycles. The van der Waals surface area contributed by atoms with Crippen molar-refractivity contribution >= 4 is 6.09 Å². The molecule has 1 unspecified atom stereocenters. The molecule has 1 fully saturated rings. The fourth-order valence-corrected chi connectivity index (χ4v) is 1.92. The van der Waals surface area contributed by atoms with Crippen LogP contribution in [-0.4, -0.2) is 56.9 Å². The van der Waals surface area contributed by atoms with E-state index < -0.39 is 0 Å². The maximum atomic E-state index is 11.0. The van der Waals surface area contributed by atoms with E-state index in [2.05, 4.69) is 27.2 Å². The van der Waals surface area contributed by atoms with Gasteiger partial charge in [-0.05, 0) is 19.4 Å². The average molecular weight is 229 g/mol. The second kappa shape index (κ2) is 7.46. The molecule has 0 spiro atoms. The smallest absolute Gasteiger partial charge is 0.407 e. The predicted molar refractivity (Wildman–Crippen MR) is 63.5 cm³/mol. The standard InChI is InChI=1S/C11H23N3O2/c1-3-5-12-6-8-14-7-4-10(9-14)13-11(15)16-2/h10,12H,3-9H2,1-2H3,(H,13,15). The monoisotopic (exact) mass is 229 g/mol. The third kappa shape index (κ3) is 4.81. The van der Waals surface area contributed by atoms with Crippen LogP contribution in [0.15, 0.2) is 0 Å². The van der Waals surface area contributed by atoms with Crippen LogP contribution in [0, 0.1) is 0 Å². The van der Waals surface area contributed by atoms with Crippen molar-refractivity contribution in [3.63, 3.8) is 0 Å². The number of methoxy groups -OCH3 is 1. The topological polar surface area (TPSA) is 53.6 Å². The molecule has 2 N–H and O–H groups in total. The van der Waals surface area contributed by atoms with Crippen LogP contribution in [0.2, 0.25) is 0 Å². The molecule has 0 aromatic carbocycles. The van der Waals surface area contributed by atoms with Crippen LogP contribution in [0.5, 0.6) is 0 Å². The van der Waals surface area contributed by atoms with E-state index in [0.717, 1.165) is 39.1 Å². The van der Waals surface area contributed by atoms with Gasteiger partial charge in [0.1, 0.15) is 0 Å². The van der Waals surface area contributed by atoms with Crippen molar-refractivity contribution in [3.05, 3.63) is 0 Å². The zero-order valence-corrected chi connectivity index (χ0v) is 10.3. The number of carbonyl (C=O) groups is 1. The van der Waals surface area contributed by atoms with Crippen LogP contribution >= 0.6 is 0 Å². The normalized spacial score (nSPS) is 21.0. The summed E-state index contributed by atoms with van der Waals surface area (Å²) in [5.74, 6) is 0. The lowest BCUT2D eigenvalue weighted by Crippen LogP contribution is -2.38. The van der Waals surface area contributed by atoms with Gasteiger partial charge in [0.25, 0.3) is 0 Å². The largest absolute Gasteiger partial charge is 0.453 e. The van der Waals surface area contributed by atoms with E-state index in [1.807, 2.05) is 0 Å². The summed E-state index contributed by atoms with van der Waals surface area (Å²) in [5.41, 5.74) is 0. The molecule has 94 valence electrons. The summed E-state index contributed by atoms with van der Waals surface area (Å²) in [6.45, 7) is 7.32. The molecule has 1 amide bonds. The van der Waals surface area contributed by atoms with Gasteiger partial charge in [-0.15, -0.1) is 0 Å². The van der Waals surface area contributed by atoms with E-state index in [9.17, 15) is 4.79 Å². The van der Waals surface area contributed by atoms with Crippen LogP contribution in [0.25, 0.3) is 0 Å². The Morgan fingerprint density at radius 2 is 2.31 bits per heavy atom. The van der Waals surface area contributed by atoms with Gasteiger partial charge in [0.05, 0.1) is 7.11 Å². The summed E-state index contributed by atoms with van der Waals surface area (Å²) >= 11 is 0. The van der Waals surface area contributed by atoms with E-state index in [1.54, 1.807) is 0 Å². The number of hydrogen-bond donors (Lipinski definition) is 2. The Morgan fingerprint density at radius 1 is 1.50 bits per heavy atom. The number of nitrogens with one attached hydrogen (secondary N) is 2. The highest BCUT2D eigenvalue weighted by atomic mass is 16.5. The predicted octanol–water partition coefficient (Wildman–Crippen LogP) is 0.416. The lowest BCUT2D eigenvalue weighted by molar-refractivity contribution is 0.166. The van der Waals surface area contributed by atoms with Crippen LogP contribution in [0.1, 0.15) is 19.8 Å². The minimum absolute atomic E-state index is 0.249. The second-order valence-electron chi connectivity index (χ2n) is 4.17. The van der Waals surface area contributed by atoms with E-state index in [0.29, 0.717) is 0 Å². The molecule has 1 aliphatic rings. The molecular formula is C11H23N3O2. The number of alkyl carbamates (subject to hydrolysis) is 1. The maximum Gasteiger partial charge on any atom is 0.407 e. The molecule has 1 saturated heterocycles. The minimum Gasteiger partial charge on any atom is -0.453 e. The van der Waals surface area contributed by atoms with Gasteiger partial charge in [0, 0.05) is 32.2 Å². The SMILES string of the molecule is CCCNCCN1CCC(NC(=O)OC)C1. The molecule has 5 nitrogen and oxygen atoms in total. The first-order chi connectivity index (χ1) is 7.76. The highest BCUT2D eigenvalue weighted by Gasteiger charge is 2.23. The highest BCUT2D eigenvalue weighted by molar-refractivity contribution is 5.67. The van der Waals surface area contributed by atoms with Gasteiger partial charge >= 0.3 is 6.09 Å². The molecular weight excluding hydrogens is 206 g/mol. The summed E-state index contributed by atoms with van der Waals surface area (Å²) in [6, 6.07) is 0.249. The van der Waals surface area contributed by atoms with E-state index >= 15 is 0 Å². The molecule has 0 aliphatic carbocycles. The fourth-order valence-electron chi connectivity index (χ4n) is 1.92. The number of ether oxygens (including phenoxy) is 1. The Bertz CT molecular complexity index is 211. The quantitative estimate of drug-likeness (QED) is 0.648. The van der Waals surface area contributed by atoms with Crippen molar-refractivity contribution < 1.29 is 9.53 Å². The maximum absolute atomic E-state index is 11.0. The first kappa shape index (κ1) is 13.3. The molecule has 1 aliphatic heterocycles. The van der Waals surface area contributed by atoms with Gasteiger partial charge in [-0.3, -0.25) is 4.90 Å². The van der Waals surface area contributed by atoms with Gasteiger partial charge in [0.2, 0.25) is 0 Å². The van der Waals surface area contributed by atoms with Crippen LogP contribution in [0.3, 0.4) is 0 Å². The Hall–Kier alpha value is -0.810. The molecule has 0 bridgehead atoms. The molecule has 0 radical (unpaired) electrons. The van der Waals surface area contributed by atoms with Gasteiger partial charge in [-0.1, -0.05) is 6.92 Å². The van der Waals surface area contributed by atoms with Gasteiger partial charge in [-0.25, -0.2) is 4.79 Å². The number of hydrogen-bond acceptors (Lipinski definition) is 4. The van der Waals surface area contributed by atoms with Crippen molar-refractivity contribution in [1.82, 2.24) is 15.5 Å². The number of nitrogens with zero attached hydrogens (tertiary/aromatic N) is 1. The van der Waals surface area contributed by atoms with Crippen molar-refractivity contribution in [1.29, 1.82) is 0 Å². The lowest BCUT2D eigenvalue weighted by Gasteiger charge is -2.16. The summed E-state index contributed by atoms with van der Waals surface area (Å²) in [5, 5.41) is 6.21. The highest BCUT2D eigenvalue weighted by Crippen LogP contribution is 2.08. The Kier molecular flexibility index (Phi) is 6.18. The third-order valence-electron chi connectivity index (χ3n) is 2.81. The minimum atomic E-state index is -0.323. The number of likely N-dealkylation sites (tertiary alicyclic amines) is 1. The Labute approximate surface area is 97.5 Å². The first-order valence-corrected chi connectivity index (χ1v) is 6.03. The Balaban J connectivity index is 2.07. The van der Waals surface area contributed by atoms with E-state index in [-0.39, 0.29) is 12.1 Å². The van der Waals surface area contributed by atoms with E-state index in [1.165, 1.54) is 13.5 Å². The summed E-state index contributed by atoms with van der Waals surface area (Å²) in [6.07, 6.45) is 1.87. The fraction of sp³-hybridized carbons (Fsp3) is 0.909. The van der Waals surface area contributed by atoms with Crippen LogP contribution < -0.4 is 10.6 Å². The van der Waals surface area contributed by atoms with Crippen molar-refractivity contribution in [2.75, 3.05) is 39.8 Å². The van der Waals surface area contributed by atoms with E-state index in [4.69, 9.17) is 0 Å². The molecule has 0 saturated carbocycles. The zero-order chi connectivity index (χ0) is 11.8. The number of carbonyl (C=O) groups excluding carboxylic acids is 1. The van der Waals surface area contributed by atoms with Crippen molar-refractivity contribution in [3.8, 4) is 0 Å². The number of amides is 1. The lowest BCUT2D eigenvalue weighted by atomic mass is 10.3. The summed E-state index contributed by atoms with van der Waals surface area (Å²) in [7, 11) is 1.40. The molecule has 0 aromatic heterocycles. The molecule has 1 rings (SSSR count). The van der Waals surface area contributed by atoms with Crippen molar-refractivity contribution in [2.24, 2.45) is 0 Å². The number of rotatable bonds is 6.